The van der Waals surface area contributed by atoms with Gasteiger partial charge in [0.05, 0.1) is 10.7 Å². The highest BCUT2D eigenvalue weighted by Crippen LogP contribution is 2.17. The Kier molecular flexibility index (Phi) is 3.50. The summed E-state index contributed by atoms with van der Waals surface area (Å²) in [7, 11) is 0. The molecule has 0 bridgehead atoms. The van der Waals surface area contributed by atoms with E-state index < -0.39 is 0 Å². The summed E-state index contributed by atoms with van der Waals surface area (Å²) < 4.78 is 5.62. The number of rotatable bonds is 3. The molecule has 0 saturated carbocycles. The average Bonchev–Trinajstić information content (AvgIpc) is 2.51. The van der Waals surface area contributed by atoms with Crippen molar-refractivity contribution in [3.8, 4) is 0 Å². The summed E-state index contributed by atoms with van der Waals surface area (Å²) in [6.07, 6.45) is 1.45. The maximum atomic E-state index is 11.4. The minimum atomic E-state index is -0.255. The predicted molar refractivity (Wildman–Crippen MR) is 52.4 cm³/mol. The molecule has 0 fully saturated rings. The van der Waals surface area contributed by atoms with Crippen LogP contribution in [-0.4, -0.2) is 18.5 Å². The van der Waals surface area contributed by atoms with Crippen molar-refractivity contribution in [1.82, 2.24) is 5.32 Å². The molecule has 0 spiro atoms. The van der Waals surface area contributed by atoms with E-state index in [2.05, 4.69) is 21.2 Å². The Hall–Kier alpha value is -0.810. The lowest BCUT2D eigenvalue weighted by Crippen LogP contribution is -2.37. The van der Waals surface area contributed by atoms with Crippen molar-refractivity contribution in [2.75, 3.05) is 6.54 Å². The molecule has 72 valence electrons. The molecule has 5 heteroatoms. The van der Waals surface area contributed by atoms with E-state index in [0.717, 1.165) is 0 Å². The zero-order valence-corrected chi connectivity index (χ0v) is 8.80. The van der Waals surface area contributed by atoms with E-state index in [1.54, 1.807) is 6.07 Å². The summed E-state index contributed by atoms with van der Waals surface area (Å²) in [6.45, 7) is 2.23. The van der Waals surface area contributed by atoms with Gasteiger partial charge in [0.2, 0.25) is 5.76 Å². The minimum Gasteiger partial charge on any atom is -0.458 e. The van der Waals surface area contributed by atoms with Gasteiger partial charge >= 0.3 is 0 Å². The average molecular weight is 247 g/mol. The first kappa shape index (κ1) is 10.3. The smallest absolute Gasteiger partial charge is 0.288 e. The molecule has 0 unspecified atom stereocenters. The molecule has 0 aromatic carbocycles. The Bertz CT molecular complexity index is 298. The van der Waals surface area contributed by atoms with Crippen LogP contribution in [0.25, 0.3) is 0 Å². The van der Waals surface area contributed by atoms with Crippen molar-refractivity contribution in [2.45, 2.75) is 13.0 Å². The van der Waals surface area contributed by atoms with Gasteiger partial charge in [-0.25, -0.2) is 0 Å². The van der Waals surface area contributed by atoms with E-state index in [1.165, 1.54) is 6.26 Å². The lowest BCUT2D eigenvalue weighted by atomic mass is 10.3. The lowest BCUT2D eigenvalue weighted by Gasteiger charge is -2.09. The fraction of sp³-hybridized carbons (Fsp3) is 0.375. The summed E-state index contributed by atoms with van der Waals surface area (Å²) in [5, 5.41) is 2.69. The van der Waals surface area contributed by atoms with Gasteiger partial charge in [-0.15, -0.1) is 0 Å². The van der Waals surface area contributed by atoms with Crippen LogP contribution in [0.15, 0.2) is 21.2 Å². The number of halogens is 1. The highest BCUT2D eigenvalue weighted by molar-refractivity contribution is 9.10. The Morgan fingerprint density at radius 1 is 1.85 bits per heavy atom. The summed E-state index contributed by atoms with van der Waals surface area (Å²) >= 11 is 3.19. The fourth-order valence-corrected chi connectivity index (χ4v) is 1.19. The summed E-state index contributed by atoms with van der Waals surface area (Å²) in [5.41, 5.74) is 5.35. The number of nitrogens with one attached hydrogen (secondary N) is 1. The van der Waals surface area contributed by atoms with Crippen LogP contribution in [0.1, 0.15) is 17.5 Å². The number of furan rings is 1. The molecule has 0 aliphatic carbocycles. The monoisotopic (exact) mass is 246 g/mol. The van der Waals surface area contributed by atoms with Gasteiger partial charge in [-0.2, -0.15) is 0 Å². The lowest BCUT2D eigenvalue weighted by molar-refractivity contribution is 0.0912. The van der Waals surface area contributed by atoms with Crippen molar-refractivity contribution < 1.29 is 9.21 Å². The van der Waals surface area contributed by atoms with E-state index in [1.807, 2.05) is 6.92 Å². The highest BCUT2D eigenvalue weighted by Gasteiger charge is 2.14. The molecule has 0 aliphatic rings. The molecule has 13 heavy (non-hydrogen) atoms. The number of nitrogens with two attached hydrogens (primary N) is 1. The summed E-state index contributed by atoms with van der Waals surface area (Å²) in [4.78, 5) is 11.4. The van der Waals surface area contributed by atoms with Crippen LogP contribution in [0, 0.1) is 0 Å². The molecule has 0 aliphatic heterocycles. The molecule has 1 rings (SSSR count). The van der Waals surface area contributed by atoms with Gasteiger partial charge in [0.25, 0.3) is 5.91 Å². The Morgan fingerprint density at radius 2 is 2.54 bits per heavy atom. The van der Waals surface area contributed by atoms with E-state index in [0.29, 0.717) is 11.0 Å². The standard InChI is InChI=1S/C8H11BrN2O2/c1-5(4-10)11-8(12)7-6(9)2-3-13-7/h2-3,5H,4,10H2,1H3,(H,11,12)/t5-/m0/s1. The van der Waals surface area contributed by atoms with Gasteiger partial charge in [-0.1, -0.05) is 0 Å². The Balaban J connectivity index is 2.64. The van der Waals surface area contributed by atoms with Gasteiger partial charge in [0.15, 0.2) is 0 Å². The molecule has 1 aromatic rings. The van der Waals surface area contributed by atoms with Crippen molar-refractivity contribution in [3.05, 3.63) is 22.6 Å². The molecule has 1 aromatic heterocycles. The number of carbonyl (C=O) groups excluding carboxylic acids is 1. The summed E-state index contributed by atoms with van der Waals surface area (Å²) in [6, 6.07) is 1.62. The van der Waals surface area contributed by atoms with Crippen LogP contribution in [0.4, 0.5) is 0 Å². The highest BCUT2D eigenvalue weighted by atomic mass is 79.9. The van der Waals surface area contributed by atoms with Crippen LogP contribution < -0.4 is 11.1 Å². The van der Waals surface area contributed by atoms with Crippen molar-refractivity contribution in [2.24, 2.45) is 5.73 Å². The first-order valence-electron chi connectivity index (χ1n) is 3.89. The first-order chi connectivity index (χ1) is 6.15. The second-order valence-corrected chi connectivity index (χ2v) is 3.56. The van der Waals surface area contributed by atoms with Gasteiger partial charge in [-0.3, -0.25) is 4.79 Å². The minimum absolute atomic E-state index is 0.0514. The van der Waals surface area contributed by atoms with Gasteiger partial charge in [-0.05, 0) is 28.9 Å². The largest absolute Gasteiger partial charge is 0.458 e. The van der Waals surface area contributed by atoms with Crippen molar-refractivity contribution in [1.29, 1.82) is 0 Å². The Morgan fingerprint density at radius 3 is 3.00 bits per heavy atom. The molecule has 4 nitrogen and oxygen atoms in total. The third-order valence-electron chi connectivity index (χ3n) is 1.55. The Labute approximate surface area is 84.6 Å². The molecule has 0 radical (unpaired) electrons. The van der Waals surface area contributed by atoms with E-state index in [4.69, 9.17) is 10.2 Å². The molecule has 1 amide bonds. The molecule has 1 heterocycles. The van der Waals surface area contributed by atoms with Crippen LogP contribution >= 0.6 is 15.9 Å². The zero-order chi connectivity index (χ0) is 9.84. The number of carbonyl (C=O) groups is 1. The quantitative estimate of drug-likeness (QED) is 0.840. The molecular formula is C8H11BrN2O2. The zero-order valence-electron chi connectivity index (χ0n) is 7.21. The molecule has 1 atom stereocenters. The van der Waals surface area contributed by atoms with Crippen LogP contribution in [0.2, 0.25) is 0 Å². The van der Waals surface area contributed by atoms with Crippen molar-refractivity contribution in [3.63, 3.8) is 0 Å². The maximum absolute atomic E-state index is 11.4. The van der Waals surface area contributed by atoms with E-state index in [-0.39, 0.29) is 17.7 Å². The molecular weight excluding hydrogens is 236 g/mol. The molecule has 0 saturated heterocycles. The third-order valence-corrected chi connectivity index (χ3v) is 2.18. The van der Waals surface area contributed by atoms with Gasteiger partial charge < -0.3 is 15.5 Å². The van der Waals surface area contributed by atoms with E-state index in [9.17, 15) is 4.79 Å². The normalized spacial score (nSPS) is 12.5. The third kappa shape index (κ3) is 2.57. The van der Waals surface area contributed by atoms with Crippen molar-refractivity contribution >= 4 is 21.8 Å². The number of amides is 1. The van der Waals surface area contributed by atoms with Crippen LogP contribution in [0.5, 0.6) is 0 Å². The van der Waals surface area contributed by atoms with Gasteiger partial charge in [0.1, 0.15) is 0 Å². The first-order valence-corrected chi connectivity index (χ1v) is 4.68. The van der Waals surface area contributed by atoms with Crippen LogP contribution in [-0.2, 0) is 0 Å². The second kappa shape index (κ2) is 4.43. The SMILES string of the molecule is C[C@@H](CN)NC(=O)c1occc1Br. The topological polar surface area (TPSA) is 68.3 Å². The fourth-order valence-electron chi connectivity index (χ4n) is 0.804. The predicted octanol–water partition coefficient (Wildman–Crippen LogP) is 1.12. The van der Waals surface area contributed by atoms with Crippen LogP contribution in [0.3, 0.4) is 0 Å². The number of hydrogen-bond acceptors (Lipinski definition) is 3. The van der Waals surface area contributed by atoms with E-state index >= 15 is 0 Å². The maximum Gasteiger partial charge on any atom is 0.288 e. The second-order valence-electron chi connectivity index (χ2n) is 2.71. The summed E-state index contributed by atoms with van der Waals surface area (Å²) in [5.74, 6) is 0.0233. The number of hydrogen-bond donors (Lipinski definition) is 2. The van der Waals surface area contributed by atoms with Gasteiger partial charge in [0, 0.05) is 12.6 Å². The molecule has 3 N–H and O–H groups in total.